The highest BCUT2D eigenvalue weighted by atomic mass is 16.2. The van der Waals surface area contributed by atoms with Crippen LogP contribution < -0.4 is 0 Å². The minimum absolute atomic E-state index is 0.0475. The zero-order valence-corrected chi connectivity index (χ0v) is 12.6. The van der Waals surface area contributed by atoms with Gasteiger partial charge in [0, 0.05) is 18.5 Å². The van der Waals surface area contributed by atoms with Crippen LogP contribution in [0.15, 0.2) is 24.3 Å². The molecule has 0 aliphatic carbocycles. The van der Waals surface area contributed by atoms with Gasteiger partial charge in [0.2, 0.25) is 5.91 Å². The molecule has 1 saturated heterocycles. The second kappa shape index (κ2) is 5.36. The lowest BCUT2D eigenvalue weighted by atomic mass is 9.86. The largest absolute Gasteiger partial charge is 0.338 e. The van der Waals surface area contributed by atoms with E-state index >= 15 is 0 Å². The van der Waals surface area contributed by atoms with Crippen molar-refractivity contribution in [2.75, 3.05) is 6.54 Å². The molecule has 1 fully saturated rings. The van der Waals surface area contributed by atoms with Gasteiger partial charge in [-0.15, -0.1) is 0 Å². The second-order valence-electron chi connectivity index (χ2n) is 6.50. The first kappa shape index (κ1) is 14.1. The van der Waals surface area contributed by atoms with Crippen molar-refractivity contribution < 1.29 is 4.79 Å². The van der Waals surface area contributed by atoms with Crippen molar-refractivity contribution >= 4 is 5.91 Å². The monoisotopic (exact) mass is 259 g/mol. The number of benzene rings is 1. The Hall–Kier alpha value is -1.31. The summed E-state index contributed by atoms with van der Waals surface area (Å²) in [6.07, 6.45) is 2.80. The number of hydrogen-bond acceptors (Lipinski definition) is 1. The molecule has 2 nitrogen and oxygen atoms in total. The zero-order valence-electron chi connectivity index (χ0n) is 12.6. The highest BCUT2D eigenvalue weighted by molar-refractivity contribution is 5.78. The van der Waals surface area contributed by atoms with E-state index in [1.54, 1.807) is 0 Å². The topological polar surface area (TPSA) is 20.3 Å². The quantitative estimate of drug-likeness (QED) is 0.792. The molecule has 0 aromatic heterocycles. The standard InChI is InChI=1S/C17H25NO/c1-5-13-6-8-14(9-7-13)15-10-11-18(16(19)12-15)17(2,3)4/h6-9,15H,5,10-12H2,1-4H3. The molecule has 104 valence electrons. The Morgan fingerprint density at radius 1 is 1.21 bits per heavy atom. The van der Waals surface area contributed by atoms with E-state index in [0.29, 0.717) is 18.2 Å². The van der Waals surface area contributed by atoms with Crippen molar-refractivity contribution in [3.05, 3.63) is 35.4 Å². The number of amides is 1. The zero-order chi connectivity index (χ0) is 14.0. The molecule has 19 heavy (non-hydrogen) atoms. The van der Waals surface area contributed by atoms with E-state index in [0.717, 1.165) is 19.4 Å². The van der Waals surface area contributed by atoms with Crippen LogP contribution in [0.5, 0.6) is 0 Å². The average Bonchev–Trinajstić information content (AvgIpc) is 2.37. The van der Waals surface area contributed by atoms with Crippen LogP contribution in [0.1, 0.15) is 57.6 Å². The predicted octanol–water partition coefficient (Wildman–Crippen LogP) is 3.75. The van der Waals surface area contributed by atoms with Crippen LogP contribution >= 0.6 is 0 Å². The van der Waals surface area contributed by atoms with Crippen LogP contribution in [0.25, 0.3) is 0 Å². The normalized spacial score (nSPS) is 20.7. The van der Waals surface area contributed by atoms with E-state index in [2.05, 4.69) is 52.0 Å². The van der Waals surface area contributed by atoms with Crippen LogP contribution in [0.4, 0.5) is 0 Å². The Balaban J connectivity index is 2.07. The lowest BCUT2D eigenvalue weighted by Crippen LogP contribution is -2.49. The van der Waals surface area contributed by atoms with E-state index in [4.69, 9.17) is 0 Å². The fourth-order valence-corrected chi connectivity index (χ4v) is 2.85. The summed E-state index contributed by atoms with van der Waals surface area (Å²) in [5.41, 5.74) is 2.63. The second-order valence-corrected chi connectivity index (χ2v) is 6.50. The number of aryl methyl sites for hydroxylation is 1. The van der Waals surface area contributed by atoms with Crippen LogP contribution in [0, 0.1) is 0 Å². The smallest absolute Gasteiger partial charge is 0.223 e. The first-order chi connectivity index (χ1) is 8.91. The van der Waals surface area contributed by atoms with Crippen molar-refractivity contribution in [3.8, 4) is 0 Å². The number of piperidine rings is 1. The van der Waals surface area contributed by atoms with Gasteiger partial charge in [-0.05, 0) is 50.7 Å². The van der Waals surface area contributed by atoms with Crippen LogP contribution in [-0.4, -0.2) is 22.9 Å². The van der Waals surface area contributed by atoms with E-state index in [9.17, 15) is 4.79 Å². The van der Waals surface area contributed by atoms with Gasteiger partial charge in [-0.3, -0.25) is 4.79 Å². The summed E-state index contributed by atoms with van der Waals surface area (Å²) in [6.45, 7) is 9.38. The van der Waals surface area contributed by atoms with Gasteiger partial charge in [-0.25, -0.2) is 0 Å². The van der Waals surface area contributed by atoms with Gasteiger partial charge in [-0.2, -0.15) is 0 Å². The fourth-order valence-electron chi connectivity index (χ4n) is 2.85. The van der Waals surface area contributed by atoms with Crippen molar-refractivity contribution in [2.24, 2.45) is 0 Å². The SMILES string of the molecule is CCc1ccc(C2CCN(C(C)(C)C)C(=O)C2)cc1. The van der Waals surface area contributed by atoms with Crippen LogP contribution in [0.3, 0.4) is 0 Å². The van der Waals surface area contributed by atoms with Gasteiger partial charge in [0.15, 0.2) is 0 Å². The molecule has 0 radical (unpaired) electrons. The minimum Gasteiger partial charge on any atom is -0.338 e. The minimum atomic E-state index is -0.0475. The van der Waals surface area contributed by atoms with Crippen molar-refractivity contribution in [1.82, 2.24) is 4.90 Å². The van der Waals surface area contributed by atoms with Gasteiger partial charge in [0.25, 0.3) is 0 Å². The molecule has 1 aliphatic heterocycles. The molecule has 2 rings (SSSR count). The molecule has 1 aliphatic rings. The molecule has 1 heterocycles. The number of rotatable bonds is 2. The third-order valence-corrected chi connectivity index (χ3v) is 4.09. The van der Waals surface area contributed by atoms with Crippen LogP contribution in [-0.2, 0) is 11.2 Å². The summed E-state index contributed by atoms with van der Waals surface area (Å²) in [6, 6.07) is 8.78. The van der Waals surface area contributed by atoms with E-state index in [1.165, 1.54) is 11.1 Å². The van der Waals surface area contributed by atoms with Crippen molar-refractivity contribution in [1.29, 1.82) is 0 Å². The van der Waals surface area contributed by atoms with E-state index < -0.39 is 0 Å². The van der Waals surface area contributed by atoms with Gasteiger partial charge in [0.1, 0.15) is 0 Å². The maximum atomic E-state index is 12.3. The molecular weight excluding hydrogens is 234 g/mol. The Labute approximate surface area is 116 Å². The number of likely N-dealkylation sites (tertiary alicyclic amines) is 1. The van der Waals surface area contributed by atoms with Crippen molar-refractivity contribution in [2.45, 2.75) is 58.4 Å². The third kappa shape index (κ3) is 3.17. The van der Waals surface area contributed by atoms with E-state index in [1.807, 2.05) is 4.90 Å². The molecule has 1 aromatic carbocycles. The number of nitrogens with zero attached hydrogens (tertiary/aromatic N) is 1. The molecule has 1 atom stereocenters. The lowest BCUT2D eigenvalue weighted by Gasteiger charge is -2.41. The van der Waals surface area contributed by atoms with Crippen molar-refractivity contribution in [3.63, 3.8) is 0 Å². The summed E-state index contributed by atoms with van der Waals surface area (Å²) in [7, 11) is 0. The Bertz CT molecular complexity index is 441. The molecule has 0 bridgehead atoms. The molecule has 0 N–H and O–H groups in total. The Kier molecular flexibility index (Phi) is 3.98. The summed E-state index contributed by atoms with van der Waals surface area (Å²) in [4.78, 5) is 14.3. The summed E-state index contributed by atoms with van der Waals surface area (Å²) >= 11 is 0. The van der Waals surface area contributed by atoms with Gasteiger partial charge >= 0.3 is 0 Å². The molecular formula is C17H25NO. The predicted molar refractivity (Wildman–Crippen MR) is 79.3 cm³/mol. The molecule has 1 amide bonds. The molecule has 1 aromatic rings. The van der Waals surface area contributed by atoms with Gasteiger partial charge in [-0.1, -0.05) is 31.2 Å². The number of carbonyl (C=O) groups is 1. The lowest BCUT2D eigenvalue weighted by molar-refractivity contribution is -0.139. The Morgan fingerprint density at radius 3 is 2.32 bits per heavy atom. The van der Waals surface area contributed by atoms with Gasteiger partial charge in [0.05, 0.1) is 0 Å². The molecule has 2 heteroatoms. The number of hydrogen-bond donors (Lipinski definition) is 0. The first-order valence-electron chi connectivity index (χ1n) is 7.31. The third-order valence-electron chi connectivity index (χ3n) is 4.09. The first-order valence-corrected chi connectivity index (χ1v) is 7.31. The van der Waals surface area contributed by atoms with Crippen LogP contribution in [0.2, 0.25) is 0 Å². The summed E-state index contributed by atoms with van der Waals surface area (Å²) in [5, 5.41) is 0. The maximum Gasteiger partial charge on any atom is 0.223 e. The number of carbonyl (C=O) groups excluding carboxylic acids is 1. The highest BCUT2D eigenvalue weighted by Gasteiger charge is 2.32. The molecule has 0 spiro atoms. The highest BCUT2D eigenvalue weighted by Crippen LogP contribution is 2.31. The fraction of sp³-hybridized carbons (Fsp3) is 0.588. The molecule has 0 saturated carbocycles. The van der Waals surface area contributed by atoms with Gasteiger partial charge < -0.3 is 4.90 Å². The summed E-state index contributed by atoms with van der Waals surface area (Å²) < 4.78 is 0. The van der Waals surface area contributed by atoms with E-state index in [-0.39, 0.29) is 5.54 Å². The average molecular weight is 259 g/mol. The maximum absolute atomic E-state index is 12.3. The summed E-state index contributed by atoms with van der Waals surface area (Å²) in [5.74, 6) is 0.695. The Morgan fingerprint density at radius 2 is 1.84 bits per heavy atom. The molecule has 1 unspecified atom stereocenters.